The Morgan fingerprint density at radius 3 is 3.06 bits per heavy atom. The van der Waals surface area contributed by atoms with Gasteiger partial charge in [0, 0.05) is 6.42 Å². The van der Waals surface area contributed by atoms with E-state index in [1.165, 1.54) is 13.2 Å². The summed E-state index contributed by atoms with van der Waals surface area (Å²) in [7, 11) is 1.33. The van der Waals surface area contributed by atoms with Crippen molar-refractivity contribution in [3.8, 4) is 5.75 Å². The van der Waals surface area contributed by atoms with Crippen LogP contribution in [0.3, 0.4) is 0 Å². The van der Waals surface area contributed by atoms with Gasteiger partial charge >= 0.3 is 5.97 Å². The van der Waals surface area contributed by atoms with E-state index in [1.54, 1.807) is 12.1 Å². The first-order valence-electron chi connectivity index (χ1n) is 4.85. The van der Waals surface area contributed by atoms with E-state index in [9.17, 15) is 9.90 Å². The van der Waals surface area contributed by atoms with Crippen molar-refractivity contribution in [2.45, 2.75) is 12.8 Å². The van der Waals surface area contributed by atoms with Gasteiger partial charge in [-0.25, -0.2) is 4.98 Å². The lowest BCUT2D eigenvalue weighted by atomic mass is 10.3. The number of fused-ring (bicyclic) bond motifs is 1. The number of ether oxygens (including phenoxy) is 1. The van der Waals surface area contributed by atoms with Crippen molar-refractivity contribution in [3.05, 3.63) is 24.1 Å². The highest BCUT2D eigenvalue weighted by Crippen LogP contribution is 2.24. The summed E-state index contributed by atoms with van der Waals surface area (Å²) in [6.07, 6.45) is 0.574. The molecule has 0 amide bonds. The van der Waals surface area contributed by atoms with Gasteiger partial charge in [-0.05, 0) is 12.1 Å². The average molecular weight is 221 g/mol. The molecule has 1 N–H and O–H groups in total. The minimum atomic E-state index is -0.313. The van der Waals surface area contributed by atoms with Crippen LogP contribution in [0.25, 0.3) is 11.1 Å². The fourth-order valence-electron chi connectivity index (χ4n) is 1.40. The smallest absolute Gasteiger partial charge is 0.306 e. The topological polar surface area (TPSA) is 72.6 Å². The first kappa shape index (κ1) is 10.5. The molecule has 0 unspecified atom stereocenters. The maximum atomic E-state index is 10.9. The van der Waals surface area contributed by atoms with Crippen LogP contribution in [0.15, 0.2) is 22.6 Å². The van der Waals surface area contributed by atoms with Gasteiger partial charge in [-0.15, -0.1) is 0 Å². The van der Waals surface area contributed by atoms with Gasteiger partial charge < -0.3 is 14.3 Å². The van der Waals surface area contributed by atoms with Crippen molar-refractivity contribution < 1.29 is 19.1 Å². The van der Waals surface area contributed by atoms with Crippen LogP contribution < -0.4 is 0 Å². The minimum Gasteiger partial charge on any atom is -0.506 e. The summed E-state index contributed by atoms with van der Waals surface area (Å²) in [5, 5.41) is 9.49. The van der Waals surface area contributed by atoms with E-state index in [0.29, 0.717) is 23.4 Å². The van der Waals surface area contributed by atoms with E-state index in [4.69, 9.17) is 4.42 Å². The van der Waals surface area contributed by atoms with Crippen molar-refractivity contribution in [1.29, 1.82) is 0 Å². The summed E-state index contributed by atoms with van der Waals surface area (Å²) in [6.45, 7) is 0. The molecule has 0 fully saturated rings. The van der Waals surface area contributed by atoms with Crippen molar-refractivity contribution in [2.24, 2.45) is 0 Å². The monoisotopic (exact) mass is 221 g/mol. The molecule has 0 saturated heterocycles. The van der Waals surface area contributed by atoms with Crippen molar-refractivity contribution >= 4 is 17.1 Å². The normalized spacial score (nSPS) is 10.6. The maximum absolute atomic E-state index is 10.9. The second-order valence-electron chi connectivity index (χ2n) is 3.31. The van der Waals surface area contributed by atoms with Gasteiger partial charge in [-0.1, -0.05) is 6.07 Å². The summed E-state index contributed by atoms with van der Waals surface area (Å²) >= 11 is 0. The number of nitrogens with zero attached hydrogens (tertiary/aromatic N) is 1. The number of phenols is 1. The van der Waals surface area contributed by atoms with E-state index in [0.717, 1.165) is 0 Å². The maximum Gasteiger partial charge on any atom is 0.306 e. The van der Waals surface area contributed by atoms with Gasteiger partial charge in [-0.3, -0.25) is 4.79 Å². The number of phenolic OH excluding ortho intramolecular Hbond substituents is 1. The number of methoxy groups -OCH3 is 1. The van der Waals surface area contributed by atoms with E-state index in [-0.39, 0.29) is 18.1 Å². The predicted molar refractivity (Wildman–Crippen MR) is 56.0 cm³/mol. The zero-order chi connectivity index (χ0) is 11.5. The van der Waals surface area contributed by atoms with E-state index in [2.05, 4.69) is 9.72 Å². The highest BCUT2D eigenvalue weighted by molar-refractivity contribution is 5.79. The van der Waals surface area contributed by atoms with Crippen molar-refractivity contribution in [2.75, 3.05) is 7.11 Å². The molecule has 2 rings (SSSR count). The number of hydrogen-bond donors (Lipinski definition) is 1. The molecule has 0 aliphatic heterocycles. The standard InChI is InChI=1S/C11H11NO4/c1-15-10(14)6-5-9-12-11-7(13)3-2-4-8(11)16-9/h2-4,13H,5-6H2,1H3. The molecular formula is C11H11NO4. The third kappa shape index (κ3) is 1.98. The number of esters is 1. The molecule has 0 aliphatic carbocycles. The van der Waals surface area contributed by atoms with Crippen molar-refractivity contribution in [3.63, 3.8) is 0 Å². The zero-order valence-electron chi connectivity index (χ0n) is 8.77. The number of hydrogen-bond acceptors (Lipinski definition) is 5. The fourth-order valence-corrected chi connectivity index (χ4v) is 1.40. The van der Waals surface area contributed by atoms with E-state index < -0.39 is 0 Å². The Labute approximate surface area is 91.7 Å². The van der Waals surface area contributed by atoms with Gasteiger partial charge in [0.15, 0.2) is 17.0 Å². The van der Waals surface area contributed by atoms with Crippen LogP contribution in [0.5, 0.6) is 5.75 Å². The van der Waals surface area contributed by atoms with Crippen LogP contribution in [0, 0.1) is 0 Å². The molecule has 0 radical (unpaired) electrons. The number of benzene rings is 1. The van der Waals surface area contributed by atoms with Crippen LogP contribution in [0.4, 0.5) is 0 Å². The lowest BCUT2D eigenvalue weighted by molar-refractivity contribution is -0.140. The lowest BCUT2D eigenvalue weighted by Crippen LogP contribution is -2.01. The molecule has 1 aromatic heterocycles. The van der Waals surface area contributed by atoms with Crippen LogP contribution >= 0.6 is 0 Å². The lowest BCUT2D eigenvalue weighted by Gasteiger charge is -1.94. The molecule has 84 valence electrons. The third-order valence-electron chi connectivity index (χ3n) is 2.21. The molecule has 0 aliphatic rings. The quantitative estimate of drug-likeness (QED) is 0.797. The van der Waals surface area contributed by atoms with Crippen LogP contribution in [0.1, 0.15) is 12.3 Å². The molecule has 1 aromatic carbocycles. The molecule has 0 bridgehead atoms. The van der Waals surface area contributed by atoms with Gasteiger partial charge in [-0.2, -0.15) is 0 Å². The number of rotatable bonds is 3. The molecule has 0 saturated carbocycles. The summed E-state index contributed by atoms with van der Waals surface area (Å²) in [5.74, 6) is 0.180. The van der Waals surface area contributed by atoms with Gasteiger partial charge in [0.25, 0.3) is 0 Å². The molecular weight excluding hydrogens is 210 g/mol. The highest BCUT2D eigenvalue weighted by atomic mass is 16.5. The number of oxazole rings is 1. The SMILES string of the molecule is COC(=O)CCc1nc2c(O)cccc2o1. The number of aromatic hydroxyl groups is 1. The van der Waals surface area contributed by atoms with Gasteiger partial charge in [0.05, 0.1) is 13.5 Å². The second kappa shape index (κ2) is 4.22. The zero-order valence-corrected chi connectivity index (χ0v) is 8.77. The molecule has 2 aromatic rings. The van der Waals surface area contributed by atoms with Crippen LogP contribution in [-0.4, -0.2) is 23.2 Å². The first-order valence-corrected chi connectivity index (χ1v) is 4.85. The largest absolute Gasteiger partial charge is 0.506 e. The predicted octanol–water partition coefficient (Wildman–Crippen LogP) is 1.64. The molecule has 1 heterocycles. The average Bonchev–Trinajstić information content (AvgIpc) is 2.70. The van der Waals surface area contributed by atoms with E-state index in [1.807, 2.05) is 0 Å². The first-order chi connectivity index (χ1) is 7.70. The number of para-hydroxylation sites is 1. The van der Waals surface area contributed by atoms with Crippen LogP contribution in [0.2, 0.25) is 0 Å². The summed E-state index contributed by atoms with van der Waals surface area (Å²) in [6, 6.07) is 4.92. The van der Waals surface area contributed by atoms with Crippen molar-refractivity contribution in [1.82, 2.24) is 4.98 Å². The Balaban J connectivity index is 2.20. The highest BCUT2D eigenvalue weighted by Gasteiger charge is 2.10. The Morgan fingerprint density at radius 2 is 2.38 bits per heavy atom. The summed E-state index contributed by atoms with van der Waals surface area (Å²) in [5.41, 5.74) is 0.933. The Kier molecular flexibility index (Phi) is 2.76. The Hall–Kier alpha value is -2.04. The number of carbonyl (C=O) groups excluding carboxylic acids is 1. The number of aryl methyl sites for hydroxylation is 1. The Morgan fingerprint density at radius 1 is 1.56 bits per heavy atom. The third-order valence-corrected chi connectivity index (χ3v) is 2.21. The number of carbonyl (C=O) groups is 1. The second-order valence-corrected chi connectivity index (χ2v) is 3.31. The summed E-state index contributed by atoms with van der Waals surface area (Å²) < 4.78 is 9.88. The molecule has 0 spiro atoms. The molecule has 0 atom stereocenters. The molecule has 5 heteroatoms. The van der Waals surface area contributed by atoms with Gasteiger partial charge in [0.2, 0.25) is 0 Å². The van der Waals surface area contributed by atoms with Gasteiger partial charge in [0.1, 0.15) is 5.75 Å². The Bertz CT molecular complexity index is 518. The van der Waals surface area contributed by atoms with Crippen LogP contribution in [-0.2, 0) is 16.0 Å². The molecule has 16 heavy (non-hydrogen) atoms. The number of aromatic nitrogens is 1. The fraction of sp³-hybridized carbons (Fsp3) is 0.273. The minimum absolute atomic E-state index is 0.0746. The van der Waals surface area contributed by atoms with E-state index >= 15 is 0 Å². The summed E-state index contributed by atoms with van der Waals surface area (Å²) in [4.78, 5) is 15.0. The molecule has 5 nitrogen and oxygen atoms in total.